The van der Waals surface area contributed by atoms with E-state index in [0.29, 0.717) is 5.54 Å². The van der Waals surface area contributed by atoms with Crippen LogP contribution in [0.4, 0.5) is 5.69 Å². The van der Waals surface area contributed by atoms with Crippen molar-refractivity contribution in [2.24, 2.45) is 0 Å². The number of hydrogen-bond acceptors (Lipinski definition) is 2. The average molecular weight is 246 g/mol. The van der Waals surface area contributed by atoms with Crippen LogP contribution in [0.1, 0.15) is 44.7 Å². The molecule has 18 heavy (non-hydrogen) atoms. The van der Waals surface area contributed by atoms with Crippen molar-refractivity contribution in [1.82, 2.24) is 5.32 Å². The van der Waals surface area contributed by atoms with Gasteiger partial charge in [-0.25, -0.2) is 0 Å². The normalized spacial score (nSPS) is 18.3. The number of nitrogens with one attached hydrogen (secondary N) is 1. The maximum absolute atomic E-state index is 3.38. The Morgan fingerprint density at radius 2 is 2.11 bits per heavy atom. The molecule has 1 fully saturated rings. The maximum atomic E-state index is 3.38. The molecule has 1 aromatic rings. The van der Waals surface area contributed by atoms with Crippen molar-refractivity contribution in [3.05, 3.63) is 29.3 Å². The Balaban J connectivity index is 2.19. The highest BCUT2D eigenvalue weighted by Gasteiger charge is 2.32. The van der Waals surface area contributed by atoms with Crippen molar-refractivity contribution < 1.29 is 0 Å². The monoisotopic (exact) mass is 246 g/mol. The van der Waals surface area contributed by atoms with Crippen LogP contribution in [0.2, 0.25) is 0 Å². The molecule has 1 aliphatic rings. The second kappa shape index (κ2) is 5.31. The van der Waals surface area contributed by atoms with Crippen LogP contribution < -0.4 is 10.2 Å². The Bertz CT molecular complexity index is 410. The first-order valence-corrected chi connectivity index (χ1v) is 7.12. The molecular formula is C16H26N2. The molecule has 2 nitrogen and oxygen atoms in total. The van der Waals surface area contributed by atoms with Crippen molar-refractivity contribution in [2.45, 2.75) is 52.6 Å². The minimum atomic E-state index is 0.313. The molecule has 0 aromatic heterocycles. The minimum Gasteiger partial charge on any atom is -0.366 e. The molecule has 1 saturated heterocycles. The highest BCUT2D eigenvalue weighted by Crippen LogP contribution is 2.35. The summed E-state index contributed by atoms with van der Waals surface area (Å²) in [5.74, 6) is 0. The fourth-order valence-electron chi connectivity index (χ4n) is 2.95. The van der Waals surface area contributed by atoms with Crippen molar-refractivity contribution in [1.29, 1.82) is 0 Å². The molecule has 1 aliphatic heterocycles. The molecular weight excluding hydrogens is 220 g/mol. The summed E-state index contributed by atoms with van der Waals surface area (Å²) in [6, 6.07) is 6.89. The van der Waals surface area contributed by atoms with E-state index in [1.54, 1.807) is 0 Å². The van der Waals surface area contributed by atoms with E-state index in [9.17, 15) is 0 Å². The fraction of sp³-hybridized carbons (Fsp3) is 0.625. The second-order valence-electron chi connectivity index (χ2n) is 5.97. The minimum absolute atomic E-state index is 0.313. The lowest BCUT2D eigenvalue weighted by Crippen LogP contribution is -2.38. The number of aryl methyl sites for hydroxylation is 1. The lowest BCUT2D eigenvalue weighted by molar-refractivity contribution is 0.517. The second-order valence-corrected chi connectivity index (χ2v) is 5.97. The molecule has 0 atom stereocenters. The molecule has 0 aliphatic carbocycles. The summed E-state index contributed by atoms with van der Waals surface area (Å²) in [5.41, 5.74) is 4.52. The molecule has 0 bridgehead atoms. The number of benzene rings is 1. The maximum Gasteiger partial charge on any atom is 0.0400 e. The fourth-order valence-corrected chi connectivity index (χ4v) is 2.95. The lowest BCUT2D eigenvalue weighted by atomic mass is 10.00. The van der Waals surface area contributed by atoms with E-state index < -0.39 is 0 Å². The van der Waals surface area contributed by atoms with Crippen LogP contribution in [0.15, 0.2) is 18.2 Å². The molecule has 2 heteroatoms. The van der Waals surface area contributed by atoms with Crippen LogP contribution in [0, 0.1) is 6.92 Å². The first-order chi connectivity index (χ1) is 8.54. The Morgan fingerprint density at radius 1 is 1.33 bits per heavy atom. The van der Waals surface area contributed by atoms with Gasteiger partial charge in [0.25, 0.3) is 0 Å². The Hall–Kier alpha value is -1.02. The molecule has 0 amide bonds. The van der Waals surface area contributed by atoms with Crippen molar-refractivity contribution in [3.63, 3.8) is 0 Å². The van der Waals surface area contributed by atoms with Gasteiger partial charge in [0.2, 0.25) is 0 Å². The van der Waals surface area contributed by atoms with Crippen LogP contribution >= 0.6 is 0 Å². The Morgan fingerprint density at radius 3 is 2.67 bits per heavy atom. The first kappa shape index (κ1) is 13.4. The van der Waals surface area contributed by atoms with Gasteiger partial charge in [-0.15, -0.1) is 0 Å². The van der Waals surface area contributed by atoms with E-state index >= 15 is 0 Å². The van der Waals surface area contributed by atoms with Gasteiger partial charge in [-0.05, 0) is 57.4 Å². The molecule has 1 aromatic carbocycles. The highest BCUT2D eigenvalue weighted by molar-refractivity contribution is 5.57. The van der Waals surface area contributed by atoms with Crippen LogP contribution in [0.3, 0.4) is 0 Å². The Labute approximate surface area is 111 Å². The molecule has 0 radical (unpaired) electrons. The predicted molar refractivity (Wildman–Crippen MR) is 79.2 cm³/mol. The molecule has 100 valence electrons. The SMILES string of the molecule is CCNCc1ccc(N2CCCC2(C)C)c(C)c1. The van der Waals surface area contributed by atoms with E-state index in [1.807, 2.05) is 0 Å². The molecule has 0 saturated carbocycles. The van der Waals surface area contributed by atoms with Gasteiger partial charge in [-0.1, -0.05) is 19.1 Å². The number of rotatable bonds is 4. The zero-order valence-electron chi connectivity index (χ0n) is 12.2. The summed E-state index contributed by atoms with van der Waals surface area (Å²) < 4.78 is 0. The van der Waals surface area contributed by atoms with Gasteiger partial charge in [0.05, 0.1) is 0 Å². The highest BCUT2D eigenvalue weighted by atomic mass is 15.2. The summed E-state index contributed by atoms with van der Waals surface area (Å²) in [5, 5.41) is 3.38. The average Bonchev–Trinajstić information content (AvgIpc) is 2.66. The summed E-state index contributed by atoms with van der Waals surface area (Å²) in [6.07, 6.45) is 2.61. The standard InChI is InChI=1S/C16H26N2/c1-5-17-12-14-7-8-15(13(2)11-14)18-10-6-9-16(18,3)4/h7-8,11,17H,5-6,9-10,12H2,1-4H3. The van der Waals surface area contributed by atoms with Crippen molar-refractivity contribution in [2.75, 3.05) is 18.0 Å². The van der Waals surface area contributed by atoms with Gasteiger partial charge in [0, 0.05) is 24.3 Å². The molecule has 0 unspecified atom stereocenters. The van der Waals surface area contributed by atoms with Gasteiger partial charge < -0.3 is 10.2 Å². The topological polar surface area (TPSA) is 15.3 Å². The van der Waals surface area contributed by atoms with Gasteiger partial charge in [-0.3, -0.25) is 0 Å². The molecule has 2 rings (SSSR count). The zero-order chi connectivity index (χ0) is 13.2. The summed E-state index contributed by atoms with van der Waals surface area (Å²) in [4.78, 5) is 2.57. The van der Waals surface area contributed by atoms with Crippen molar-refractivity contribution >= 4 is 5.69 Å². The van der Waals surface area contributed by atoms with Crippen LogP contribution in [-0.2, 0) is 6.54 Å². The first-order valence-electron chi connectivity index (χ1n) is 7.12. The van der Waals surface area contributed by atoms with Crippen LogP contribution in [0.5, 0.6) is 0 Å². The third kappa shape index (κ3) is 2.69. The zero-order valence-corrected chi connectivity index (χ0v) is 12.2. The van der Waals surface area contributed by atoms with Gasteiger partial charge in [0.15, 0.2) is 0 Å². The quantitative estimate of drug-likeness (QED) is 0.875. The van der Waals surface area contributed by atoms with Crippen LogP contribution in [-0.4, -0.2) is 18.6 Å². The smallest absolute Gasteiger partial charge is 0.0400 e. The van der Waals surface area contributed by atoms with Crippen LogP contribution in [0.25, 0.3) is 0 Å². The van der Waals surface area contributed by atoms with Crippen molar-refractivity contribution in [3.8, 4) is 0 Å². The largest absolute Gasteiger partial charge is 0.366 e. The Kier molecular flexibility index (Phi) is 3.96. The summed E-state index contributed by atoms with van der Waals surface area (Å²) >= 11 is 0. The lowest BCUT2D eigenvalue weighted by Gasteiger charge is -2.35. The van der Waals surface area contributed by atoms with E-state index in [2.05, 4.69) is 56.1 Å². The van der Waals surface area contributed by atoms with E-state index in [-0.39, 0.29) is 0 Å². The molecule has 1 heterocycles. The van der Waals surface area contributed by atoms with Gasteiger partial charge >= 0.3 is 0 Å². The summed E-state index contributed by atoms with van der Waals surface area (Å²) in [7, 11) is 0. The van der Waals surface area contributed by atoms with Gasteiger partial charge in [0.1, 0.15) is 0 Å². The van der Waals surface area contributed by atoms with E-state index in [0.717, 1.165) is 13.1 Å². The van der Waals surface area contributed by atoms with Gasteiger partial charge in [-0.2, -0.15) is 0 Å². The summed E-state index contributed by atoms with van der Waals surface area (Å²) in [6.45, 7) is 12.3. The van der Waals surface area contributed by atoms with E-state index in [4.69, 9.17) is 0 Å². The third-order valence-corrected chi connectivity index (χ3v) is 4.03. The number of anilines is 1. The molecule has 0 spiro atoms. The predicted octanol–water partition coefficient (Wildman–Crippen LogP) is 3.48. The molecule has 1 N–H and O–H groups in total. The van der Waals surface area contributed by atoms with E-state index in [1.165, 1.54) is 36.2 Å². The third-order valence-electron chi connectivity index (χ3n) is 4.03. The number of hydrogen-bond donors (Lipinski definition) is 1. The number of nitrogens with zero attached hydrogens (tertiary/aromatic N) is 1.